The third kappa shape index (κ3) is 10.4. The number of ether oxygens (including phenoxy) is 1. The van der Waals surface area contributed by atoms with Crippen LogP contribution in [0.5, 0.6) is 0 Å². The Morgan fingerprint density at radius 1 is 1.19 bits per heavy atom. The molecule has 1 atom stereocenters. The number of rotatable bonds is 13. The first-order valence-electron chi connectivity index (χ1n) is 7.86. The number of hydrogen-bond donors (Lipinski definition) is 2. The molecule has 21 heavy (non-hydrogen) atoms. The molecule has 0 aromatic rings. The fourth-order valence-corrected chi connectivity index (χ4v) is 2.13. The number of ketones is 1. The molecule has 122 valence electrons. The lowest BCUT2D eigenvalue weighted by molar-refractivity contribution is -0.121. The van der Waals surface area contributed by atoms with Crippen LogP contribution in [0.4, 0.5) is 0 Å². The van der Waals surface area contributed by atoms with Gasteiger partial charge in [0, 0.05) is 45.6 Å². The fraction of sp³-hybridized carbons (Fsp3) is 0.867. The monoisotopic (exact) mass is 299 g/mol. The number of amides is 1. The molecule has 1 aliphatic rings. The van der Waals surface area contributed by atoms with Gasteiger partial charge in [-0.2, -0.15) is 0 Å². The third-order valence-corrected chi connectivity index (χ3v) is 3.48. The first-order valence-corrected chi connectivity index (χ1v) is 7.86. The quantitative estimate of drug-likeness (QED) is 0.375. The standard InChI is InChI=1S/C15H29N3O3/c1-13(19)5-3-4-6-15(20)17-8-10-18(9-7-16-2)11-14-12-21-14/h14,16H,3-12H2,1-2H3,(H,17,20). The average Bonchev–Trinajstić information content (AvgIpc) is 3.24. The minimum absolute atomic E-state index is 0.0785. The largest absolute Gasteiger partial charge is 0.372 e. The molecule has 1 saturated heterocycles. The predicted molar refractivity (Wildman–Crippen MR) is 82.3 cm³/mol. The molecule has 2 N–H and O–H groups in total. The van der Waals surface area contributed by atoms with E-state index >= 15 is 0 Å². The Morgan fingerprint density at radius 3 is 2.48 bits per heavy atom. The first kappa shape index (κ1) is 18.1. The number of epoxide rings is 1. The van der Waals surface area contributed by atoms with Crippen LogP contribution in [0.2, 0.25) is 0 Å². The molecular weight excluding hydrogens is 270 g/mol. The van der Waals surface area contributed by atoms with Gasteiger partial charge in [-0.1, -0.05) is 0 Å². The van der Waals surface area contributed by atoms with Gasteiger partial charge in [-0.15, -0.1) is 0 Å². The van der Waals surface area contributed by atoms with Gasteiger partial charge in [0.05, 0.1) is 12.7 Å². The van der Waals surface area contributed by atoms with E-state index in [1.54, 1.807) is 6.92 Å². The topological polar surface area (TPSA) is 74.0 Å². The van der Waals surface area contributed by atoms with Gasteiger partial charge in [0.25, 0.3) is 0 Å². The molecule has 1 unspecified atom stereocenters. The van der Waals surface area contributed by atoms with Crippen molar-refractivity contribution in [3.63, 3.8) is 0 Å². The second-order valence-electron chi connectivity index (χ2n) is 5.62. The van der Waals surface area contributed by atoms with Gasteiger partial charge in [0.1, 0.15) is 5.78 Å². The molecule has 1 heterocycles. The Morgan fingerprint density at radius 2 is 1.86 bits per heavy atom. The smallest absolute Gasteiger partial charge is 0.220 e. The van der Waals surface area contributed by atoms with Crippen molar-refractivity contribution in [3.05, 3.63) is 0 Å². The molecule has 0 bridgehead atoms. The highest BCUT2D eigenvalue weighted by Gasteiger charge is 2.24. The van der Waals surface area contributed by atoms with Crippen molar-refractivity contribution in [2.24, 2.45) is 0 Å². The summed E-state index contributed by atoms with van der Waals surface area (Å²) in [5, 5.41) is 6.08. The molecule has 0 saturated carbocycles. The van der Waals surface area contributed by atoms with Crippen molar-refractivity contribution in [2.45, 2.75) is 38.7 Å². The lowest BCUT2D eigenvalue weighted by Crippen LogP contribution is -2.39. The van der Waals surface area contributed by atoms with Crippen LogP contribution in [-0.4, -0.2) is 69.1 Å². The number of carbonyl (C=O) groups excluding carboxylic acids is 2. The number of hydrogen-bond acceptors (Lipinski definition) is 5. The molecule has 1 amide bonds. The van der Waals surface area contributed by atoms with E-state index in [4.69, 9.17) is 4.74 Å². The van der Waals surface area contributed by atoms with Crippen molar-refractivity contribution in [1.29, 1.82) is 0 Å². The van der Waals surface area contributed by atoms with E-state index in [1.807, 2.05) is 7.05 Å². The molecule has 6 heteroatoms. The minimum atomic E-state index is 0.0785. The van der Waals surface area contributed by atoms with Gasteiger partial charge in [0.2, 0.25) is 5.91 Å². The summed E-state index contributed by atoms with van der Waals surface area (Å²) in [5.74, 6) is 0.271. The van der Waals surface area contributed by atoms with Crippen LogP contribution in [0.15, 0.2) is 0 Å². The summed E-state index contributed by atoms with van der Waals surface area (Å²) in [4.78, 5) is 24.8. The summed E-state index contributed by atoms with van der Waals surface area (Å²) in [6.07, 6.45) is 3.05. The summed E-state index contributed by atoms with van der Waals surface area (Å²) in [6, 6.07) is 0. The van der Waals surface area contributed by atoms with Crippen LogP contribution < -0.4 is 10.6 Å². The number of likely N-dealkylation sites (N-methyl/N-ethyl adjacent to an activating group) is 1. The summed E-state index contributed by atoms with van der Waals surface area (Å²) in [5.41, 5.74) is 0. The maximum absolute atomic E-state index is 11.7. The Hall–Kier alpha value is -0.980. The van der Waals surface area contributed by atoms with E-state index in [2.05, 4.69) is 15.5 Å². The molecular formula is C15H29N3O3. The lowest BCUT2D eigenvalue weighted by atomic mass is 10.1. The normalized spacial score (nSPS) is 17.0. The zero-order chi connectivity index (χ0) is 15.5. The second-order valence-corrected chi connectivity index (χ2v) is 5.62. The van der Waals surface area contributed by atoms with Crippen molar-refractivity contribution in [3.8, 4) is 0 Å². The van der Waals surface area contributed by atoms with Gasteiger partial charge in [-0.3, -0.25) is 9.69 Å². The van der Waals surface area contributed by atoms with Crippen molar-refractivity contribution in [1.82, 2.24) is 15.5 Å². The first-order chi connectivity index (χ1) is 10.1. The maximum Gasteiger partial charge on any atom is 0.220 e. The van der Waals surface area contributed by atoms with E-state index in [0.717, 1.165) is 45.6 Å². The molecule has 1 rings (SSSR count). The summed E-state index contributed by atoms with van der Waals surface area (Å²) in [6.45, 7) is 6.80. The zero-order valence-corrected chi connectivity index (χ0v) is 13.3. The number of unbranched alkanes of at least 4 members (excludes halogenated alkanes) is 1. The number of nitrogens with one attached hydrogen (secondary N) is 2. The van der Waals surface area contributed by atoms with Crippen LogP contribution >= 0.6 is 0 Å². The van der Waals surface area contributed by atoms with E-state index in [9.17, 15) is 9.59 Å². The number of carbonyl (C=O) groups is 2. The summed E-state index contributed by atoms with van der Waals surface area (Å²) >= 11 is 0. The highest BCUT2D eigenvalue weighted by molar-refractivity contribution is 5.76. The van der Waals surface area contributed by atoms with Gasteiger partial charge >= 0.3 is 0 Å². The van der Waals surface area contributed by atoms with E-state index in [-0.39, 0.29) is 11.7 Å². The third-order valence-electron chi connectivity index (χ3n) is 3.48. The average molecular weight is 299 g/mol. The molecule has 0 aliphatic carbocycles. The van der Waals surface area contributed by atoms with Crippen molar-refractivity contribution >= 4 is 11.7 Å². The molecule has 0 aromatic heterocycles. The molecule has 1 fully saturated rings. The molecule has 0 aromatic carbocycles. The summed E-state index contributed by atoms with van der Waals surface area (Å²) < 4.78 is 5.25. The van der Waals surface area contributed by atoms with Crippen LogP contribution in [0.1, 0.15) is 32.6 Å². The van der Waals surface area contributed by atoms with Crippen molar-refractivity contribution in [2.75, 3.05) is 46.4 Å². The Balaban J connectivity index is 2.05. The molecule has 0 radical (unpaired) electrons. The van der Waals surface area contributed by atoms with E-state index in [1.165, 1.54) is 0 Å². The molecule has 6 nitrogen and oxygen atoms in total. The Labute approximate surface area is 127 Å². The van der Waals surface area contributed by atoms with Crippen LogP contribution in [0, 0.1) is 0 Å². The highest BCUT2D eigenvalue weighted by atomic mass is 16.6. The molecule has 0 spiro atoms. The van der Waals surface area contributed by atoms with Gasteiger partial charge in [-0.25, -0.2) is 0 Å². The maximum atomic E-state index is 11.7. The Bertz CT molecular complexity index is 319. The predicted octanol–water partition coefficient (Wildman–Crippen LogP) is 0.172. The van der Waals surface area contributed by atoms with Gasteiger partial charge < -0.3 is 20.2 Å². The van der Waals surface area contributed by atoms with E-state index in [0.29, 0.717) is 25.5 Å². The SMILES string of the molecule is CNCCN(CCNC(=O)CCCCC(C)=O)CC1CO1. The van der Waals surface area contributed by atoms with Gasteiger partial charge in [0.15, 0.2) is 0 Å². The second kappa shape index (κ2) is 10.7. The Kier molecular flexibility index (Phi) is 9.21. The van der Waals surface area contributed by atoms with Gasteiger partial charge in [-0.05, 0) is 26.8 Å². The van der Waals surface area contributed by atoms with Crippen LogP contribution in [0.3, 0.4) is 0 Å². The number of nitrogens with zero attached hydrogens (tertiary/aromatic N) is 1. The minimum Gasteiger partial charge on any atom is -0.372 e. The van der Waals surface area contributed by atoms with Crippen LogP contribution in [-0.2, 0) is 14.3 Å². The van der Waals surface area contributed by atoms with E-state index < -0.39 is 0 Å². The fourth-order valence-electron chi connectivity index (χ4n) is 2.13. The highest BCUT2D eigenvalue weighted by Crippen LogP contribution is 2.10. The zero-order valence-electron chi connectivity index (χ0n) is 13.3. The summed E-state index contributed by atoms with van der Waals surface area (Å²) in [7, 11) is 1.94. The van der Waals surface area contributed by atoms with Crippen LogP contribution in [0.25, 0.3) is 0 Å². The molecule has 1 aliphatic heterocycles. The van der Waals surface area contributed by atoms with Crippen molar-refractivity contribution < 1.29 is 14.3 Å². The lowest BCUT2D eigenvalue weighted by Gasteiger charge is -2.21. The number of Topliss-reactive ketones (excluding diaryl/α,β-unsaturated/α-hetero) is 1.